The van der Waals surface area contributed by atoms with E-state index in [0.29, 0.717) is 11.2 Å². The van der Waals surface area contributed by atoms with Gasteiger partial charge in [-0.2, -0.15) is 0 Å². The Morgan fingerprint density at radius 3 is 2.58 bits per heavy atom. The second-order valence-electron chi connectivity index (χ2n) is 6.57. The Kier molecular flexibility index (Phi) is 5.46. The number of amides is 1. The van der Waals surface area contributed by atoms with E-state index in [2.05, 4.69) is 22.4 Å². The van der Waals surface area contributed by atoms with Crippen molar-refractivity contribution in [3.05, 3.63) is 76.2 Å². The smallest absolute Gasteiger partial charge is 0.272 e. The first-order chi connectivity index (χ1) is 12.5. The van der Waals surface area contributed by atoms with Gasteiger partial charge in [-0.25, -0.2) is 4.98 Å². The highest BCUT2D eigenvalue weighted by Gasteiger charge is 2.13. The van der Waals surface area contributed by atoms with Crippen LogP contribution in [0.5, 0.6) is 0 Å². The number of benzene rings is 2. The first kappa shape index (κ1) is 17.9. The topological polar surface area (TPSA) is 64.0 Å². The summed E-state index contributed by atoms with van der Waals surface area (Å²) in [6, 6.07) is 17.6. The fraction of sp³-hybridized carbons (Fsp3) is 0.286. The number of aromatic nitrogens is 2. The predicted octanol–water partition coefficient (Wildman–Crippen LogP) is 2.84. The van der Waals surface area contributed by atoms with E-state index < -0.39 is 0 Å². The van der Waals surface area contributed by atoms with Gasteiger partial charge in [0, 0.05) is 6.04 Å². The Bertz CT molecular complexity index is 964. The maximum absolute atomic E-state index is 12.5. The number of rotatable bonds is 6. The van der Waals surface area contributed by atoms with Gasteiger partial charge < -0.3 is 5.32 Å². The fourth-order valence-electron chi connectivity index (χ4n) is 3.04. The molecule has 5 nitrogen and oxygen atoms in total. The summed E-state index contributed by atoms with van der Waals surface area (Å²) in [6.07, 6.45) is 1.75. The molecule has 0 aliphatic heterocycles. The lowest BCUT2D eigenvalue weighted by Gasteiger charge is -2.16. The van der Waals surface area contributed by atoms with Crippen LogP contribution in [-0.4, -0.2) is 21.5 Å². The molecule has 0 aliphatic rings. The van der Waals surface area contributed by atoms with Gasteiger partial charge in [0.1, 0.15) is 12.2 Å². The van der Waals surface area contributed by atoms with Crippen molar-refractivity contribution in [1.29, 1.82) is 0 Å². The van der Waals surface area contributed by atoms with Crippen LogP contribution in [-0.2, 0) is 17.8 Å². The number of hydrogen-bond acceptors (Lipinski definition) is 3. The molecule has 1 amide bonds. The van der Waals surface area contributed by atoms with Crippen molar-refractivity contribution in [2.75, 3.05) is 0 Å². The van der Waals surface area contributed by atoms with E-state index in [-0.39, 0.29) is 24.1 Å². The Morgan fingerprint density at radius 2 is 1.81 bits per heavy atom. The summed E-state index contributed by atoms with van der Waals surface area (Å²) in [4.78, 5) is 29.2. The number of aryl methyl sites for hydroxylation is 2. The molecule has 1 N–H and O–H groups in total. The second-order valence-corrected chi connectivity index (χ2v) is 6.57. The van der Waals surface area contributed by atoms with Crippen LogP contribution in [0.2, 0.25) is 0 Å². The zero-order valence-corrected chi connectivity index (χ0v) is 15.1. The van der Waals surface area contributed by atoms with Gasteiger partial charge in [0.25, 0.3) is 5.56 Å². The molecule has 0 bridgehead atoms. The number of para-hydroxylation sites is 2. The molecule has 0 saturated carbocycles. The summed E-state index contributed by atoms with van der Waals surface area (Å²) >= 11 is 0. The van der Waals surface area contributed by atoms with E-state index in [1.807, 2.05) is 49.4 Å². The molecular weight excluding hydrogens is 326 g/mol. The Labute approximate surface area is 152 Å². The second kappa shape index (κ2) is 7.95. The van der Waals surface area contributed by atoms with E-state index in [9.17, 15) is 9.59 Å². The summed E-state index contributed by atoms with van der Waals surface area (Å²) in [5.41, 5.74) is 2.81. The van der Waals surface area contributed by atoms with Crippen molar-refractivity contribution < 1.29 is 4.79 Å². The van der Waals surface area contributed by atoms with E-state index in [1.165, 1.54) is 10.1 Å². The third-order valence-electron chi connectivity index (χ3n) is 4.43. The number of hydrogen-bond donors (Lipinski definition) is 1. The summed E-state index contributed by atoms with van der Waals surface area (Å²) in [5, 5.41) is 2.99. The molecule has 0 spiro atoms. The molecule has 0 saturated heterocycles. The van der Waals surface area contributed by atoms with Crippen LogP contribution in [0.25, 0.3) is 11.0 Å². The third kappa shape index (κ3) is 4.17. The van der Waals surface area contributed by atoms with Gasteiger partial charge in [-0.3, -0.25) is 14.2 Å². The van der Waals surface area contributed by atoms with Crippen molar-refractivity contribution in [3.8, 4) is 0 Å². The minimum atomic E-state index is -0.226. The summed E-state index contributed by atoms with van der Waals surface area (Å²) < 4.78 is 1.50. The van der Waals surface area contributed by atoms with E-state index in [4.69, 9.17) is 0 Å². The fourth-order valence-corrected chi connectivity index (χ4v) is 3.04. The number of nitrogens with one attached hydrogen (secondary N) is 1. The van der Waals surface area contributed by atoms with Gasteiger partial charge in [0.2, 0.25) is 5.91 Å². The summed E-state index contributed by atoms with van der Waals surface area (Å²) in [6.45, 7) is 3.66. The maximum Gasteiger partial charge on any atom is 0.272 e. The van der Waals surface area contributed by atoms with E-state index in [1.54, 1.807) is 6.92 Å². The molecule has 1 aromatic heterocycles. The Balaban J connectivity index is 1.67. The molecular formula is C21H23N3O2. The van der Waals surface area contributed by atoms with Crippen molar-refractivity contribution >= 4 is 16.9 Å². The SMILES string of the molecule is Cc1nc2ccccc2n(CC(=O)N[C@H](C)CCc2ccccc2)c1=O. The van der Waals surface area contributed by atoms with Crippen LogP contribution in [0.3, 0.4) is 0 Å². The van der Waals surface area contributed by atoms with Gasteiger partial charge in [-0.1, -0.05) is 42.5 Å². The zero-order valence-electron chi connectivity index (χ0n) is 15.1. The van der Waals surface area contributed by atoms with Crippen LogP contribution in [0.1, 0.15) is 24.6 Å². The molecule has 1 atom stereocenters. The highest BCUT2D eigenvalue weighted by Crippen LogP contribution is 2.10. The van der Waals surface area contributed by atoms with Crippen LogP contribution < -0.4 is 10.9 Å². The van der Waals surface area contributed by atoms with Gasteiger partial charge in [-0.15, -0.1) is 0 Å². The molecule has 134 valence electrons. The normalized spacial score (nSPS) is 12.1. The highest BCUT2D eigenvalue weighted by atomic mass is 16.2. The monoisotopic (exact) mass is 349 g/mol. The van der Waals surface area contributed by atoms with Crippen LogP contribution in [0.15, 0.2) is 59.4 Å². The maximum atomic E-state index is 12.5. The minimum Gasteiger partial charge on any atom is -0.352 e. The van der Waals surface area contributed by atoms with Crippen molar-refractivity contribution in [2.24, 2.45) is 0 Å². The molecule has 0 fully saturated rings. The molecule has 0 unspecified atom stereocenters. The van der Waals surface area contributed by atoms with Gasteiger partial charge in [0.15, 0.2) is 0 Å². The van der Waals surface area contributed by atoms with Gasteiger partial charge in [0.05, 0.1) is 11.0 Å². The van der Waals surface area contributed by atoms with Crippen molar-refractivity contribution in [1.82, 2.24) is 14.9 Å². The van der Waals surface area contributed by atoms with Gasteiger partial charge >= 0.3 is 0 Å². The lowest BCUT2D eigenvalue weighted by atomic mass is 10.1. The van der Waals surface area contributed by atoms with Crippen molar-refractivity contribution in [3.63, 3.8) is 0 Å². The molecule has 3 aromatic rings. The average molecular weight is 349 g/mol. The lowest BCUT2D eigenvalue weighted by Crippen LogP contribution is -2.38. The van der Waals surface area contributed by atoms with Crippen LogP contribution in [0.4, 0.5) is 0 Å². The third-order valence-corrected chi connectivity index (χ3v) is 4.43. The largest absolute Gasteiger partial charge is 0.352 e. The molecule has 0 radical (unpaired) electrons. The molecule has 0 aliphatic carbocycles. The Hall–Kier alpha value is -2.95. The van der Waals surface area contributed by atoms with E-state index in [0.717, 1.165) is 18.4 Å². The number of nitrogens with zero attached hydrogens (tertiary/aromatic N) is 2. The van der Waals surface area contributed by atoms with Gasteiger partial charge in [-0.05, 0) is 44.4 Å². The molecule has 2 aromatic carbocycles. The average Bonchev–Trinajstić information content (AvgIpc) is 2.64. The predicted molar refractivity (Wildman–Crippen MR) is 103 cm³/mol. The number of fused-ring (bicyclic) bond motifs is 1. The first-order valence-electron chi connectivity index (χ1n) is 8.84. The molecule has 1 heterocycles. The number of carbonyl (C=O) groups is 1. The van der Waals surface area contributed by atoms with Crippen LogP contribution >= 0.6 is 0 Å². The highest BCUT2D eigenvalue weighted by molar-refractivity contribution is 5.80. The molecule has 3 rings (SSSR count). The van der Waals surface area contributed by atoms with Crippen molar-refractivity contribution in [2.45, 2.75) is 39.3 Å². The zero-order chi connectivity index (χ0) is 18.5. The molecule has 26 heavy (non-hydrogen) atoms. The number of carbonyl (C=O) groups excluding carboxylic acids is 1. The minimum absolute atomic E-state index is 0.00160. The first-order valence-corrected chi connectivity index (χ1v) is 8.84. The Morgan fingerprint density at radius 1 is 1.12 bits per heavy atom. The summed E-state index contributed by atoms with van der Waals surface area (Å²) in [7, 11) is 0. The lowest BCUT2D eigenvalue weighted by molar-refractivity contribution is -0.122. The van der Waals surface area contributed by atoms with E-state index >= 15 is 0 Å². The summed E-state index contributed by atoms with van der Waals surface area (Å²) in [5.74, 6) is -0.164. The quantitative estimate of drug-likeness (QED) is 0.744. The van der Waals surface area contributed by atoms with Crippen LogP contribution in [0, 0.1) is 6.92 Å². The molecule has 5 heteroatoms. The standard InChI is InChI=1S/C21H23N3O2/c1-15(12-13-17-8-4-3-5-9-17)22-20(25)14-24-19-11-7-6-10-18(19)23-16(2)21(24)26/h3-11,15H,12-14H2,1-2H3,(H,22,25)/t15-/m1/s1.